The average molecular weight is 296 g/mol. The Hall–Kier alpha value is -1.29. The SMILES string of the molecule is CCCCNc1ncc(C(=O)N2CCCCC2)cc1Cl. The average Bonchev–Trinajstić information content (AvgIpc) is 2.49. The summed E-state index contributed by atoms with van der Waals surface area (Å²) >= 11 is 6.20. The molecule has 1 aromatic heterocycles. The molecular formula is C15H22ClN3O. The van der Waals surface area contributed by atoms with Gasteiger partial charge >= 0.3 is 0 Å². The molecule has 0 radical (unpaired) electrons. The molecule has 1 aliphatic rings. The smallest absolute Gasteiger partial charge is 0.255 e. The number of aromatic nitrogens is 1. The van der Waals surface area contributed by atoms with Crippen LogP contribution in [0.5, 0.6) is 0 Å². The van der Waals surface area contributed by atoms with Gasteiger partial charge < -0.3 is 10.2 Å². The molecule has 1 aliphatic heterocycles. The number of hydrogen-bond donors (Lipinski definition) is 1. The van der Waals surface area contributed by atoms with E-state index in [0.29, 0.717) is 16.4 Å². The van der Waals surface area contributed by atoms with E-state index in [1.54, 1.807) is 12.3 Å². The summed E-state index contributed by atoms with van der Waals surface area (Å²) in [6, 6.07) is 1.72. The second-order valence-electron chi connectivity index (χ2n) is 5.19. The number of pyridine rings is 1. The van der Waals surface area contributed by atoms with Crippen molar-refractivity contribution in [2.75, 3.05) is 25.0 Å². The Bertz CT molecular complexity index is 458. The minimum Gasteiger partial charge on any atom is -0.369 e. The lowest BCUT2D eigenvalue weighted by Gasteiger charge is -2.26. The third kappa shape index (κ3) is 3.85. The first-order chi connectivity index (χ1) is 9.72. The molecule has 0 aliphatic carbocycles. The predicted octanol–water partition coefficient (Wildman–Crippen LogP) is 3.57. The lowest BCUT2D eigenvalue weighted by molar-refractivity contribution is 0.0724. The zero-order chi connectivity index (χ0) is 14.4. The topological polar surface area (TPSA) is 45.2 Å². The Morgan fingerprint density at radius 1 is 1.40 bits per heavy atom. The number of nitrogens with one attached hydrogen (secondary N) is 1. The van der Waals surface area contributed by atoms with Crippen molar-refractivity contribution in [3.05, 3.63) is 22.8 Å². The van der Waals surface area contributed by atoms with Crippen molar-refractivity contribution in [2.24, 2.45) is 0 Å². The van der Waals surface area contributed by atoms with Crippen molar-refractivity contribution in [1.82, 2.24) is 9.88 Å². The molecule has 2 rings (SSSR count). The molecule has 1 saturated heterocycles. The summed E-state index contributed by atoms with van der Waals surface area (Å²) in [5.74, 6) is 0.703. The molecule has 1 aromatic rings. The minimum absolute atomic E-state index is 0.0409. The molecule has 0 saturated carbocycles. The minimum atomic E-state index is 0.0409. The Balaban J connectivity index is 2.02. The van der Waals surface area contributed by atoms with E-state index < -0.39 is 0 Å². The van der Waals surface area contributed by atoms with E-state index in [1.807, 2.05) is 4.90 Å². The lowest BCUT2D eigenvalue weighted by atomic mass is 10.1. The van der Waals surface area contributed by atoms with Gasteiger partial charge in [0.25, 0.3) is 5.91 Å². The number of nitrogens with zero attached hydrogens (tertiary/aromatic N) is 2. The first kappa shape index (κ1) is 15.1. The van der Waals surface area contributed by atoms with Crippen molar-refractivity contribution in [3.8, 4) is 0 Å². The fourth-order valence-electron chi connectivity index (χ4n) is 2.35. The number of rotatable bonds is 5. The van der Waals surface area contributed by atoms with E-state index in [9.17, 15) is 4.79 Å². The number of amides is 1. The number of likely N-dealkylation sites (tertiary alicyclic amines) is 1. The summed E-state index contributed by atoms with van der Waals surface area (Å²) in [5.41, 5.74) is 0.581. The van der Waals surface area contributed by atoms with Crippen LogP contribution in [-0.4, -0.2) is 35.4 Å². The van der Waals surface area contributed by atoms with E-state index in [2.05, 4.69) is 17.2 Å². The number of halogens is 1. The fourth-order valence-corrected chi connectivity index (χ4v) is 2.58. The van der Waals surface area contributed by atoms with Crippen LogP contribution in [0.1, 0.15) is 49.4 Å². The van der Waals surface area contributed by atoms with Crippen molar-refractivity contribution < 1.29 is 4.79 Å². The normalized spacial score (nSPS) is 15.2. The maximum absolute atomic E-state index is 12.3. The Morgan fingerprint density at radius 2 is 2.15 bits per heavy atom. The quantitative estimate of drug-likeness (QED) is 0.845. The highest BCUT2D eigenvalue weighted by molar-refractivity contribution is 6.33. The molecule has 4 nitrogen and oxygen atoms in total. The van der Waals surface area contributed by atoms with Gasteiger partial charge in [-0.25, -0.2) is 4.98 Å². The zero-order valence-corrected chi connectivity index (χ0v) is 12.7. The van der Waals surface area contributed by atoms with Crippen LogP contribution in [0.4, 0.5) is 5.82 Å². The largest absolute Gasteiger partial charge is 0.369 e. The molecule has 110 valence electrons. The summed E-state index contributed by atoms with van der Waals surface area (Å²) in [6.45, 7) is 4.67. The molecule has 1 N–H and O–H groups in total. The standard InChI is InChI=1S/C15H22ClN3O/c1-2-3-7-17-14-13(16)10-12(11-18-14)15(20)19-8-5-4-6-9-19/h10-11H,2-9H2,1H3,(H,17,18). The van der Waals surface area contributed by atoms with Crippen LogP contribution < -0.4 is 5.32 Å². The first-order valence-electron chi connectivity index (χ1n) is 7.41. The number of piperidine rings is 1. The number of anilines is 1. The van der Waals surface area contributed by atoms with Gasteiger partial charge in [-0.1, -0.05) is 24.9 Å². The molecule has 20 heavy (non-hydrogen) atoms. The number of carbonyl (C=O) groups excluding carboxylic acids is 1. The van der Waals surface area contributed by atoms with Crippen LogP contribution in [0.15, 0.2) is 12.3 Å². The highest BCUT2D eigenvalue weighted by atomic mass is 35.5. The molecule has 2 heterocycles. The Kier molecular flexibility index (Phi) is 5.65. The Labute approximate surface area is 125 Å². The van der Waals surface area contributed by atoms with Crippen LogP contribution in [0, 0.1) is 0 Å². The van der Waals surface area contributed by atoms with Crippen molar-refractivity contribution in [3.63, 3.8) is 0 Å². The van der Waals surface area contributed by atoms with Gasteiger partial charge in [0.2, 0.25) is 0 Å². The lowest BCUT2D eigenvalue weighted by Crippen LogP contribution is -2.35. The van der Waals surface area contributed by atoms with Gasteiger partial charge in [-0.2, -0.15) is 0 Å². The van der Waals surface area contributed by atoms with E-state index in [4.69, 9.17) is 11.6 Å². The summed E-state index contributed by atoms with van der Waals surface area (Å²) < 4.78 is 0. The Morgan fingerprint density at radius 3 is 2.80 bits per heavy atom. The molecular weight excluding hydrogens is 274 g/mol. The summed E-state index contributed by atoms with van der Waals surface area (Å²) in [6.07, 6.45) is 7.20. The van der Waals surface area contributed by atoms with E-state index in [0.717, 1.165) is 45.3 Å². The van der Waals surface area contributed by atoms with Crippen molar-refractivity contribution >= 4 is 23.3 Å². The van der Waals surface area contributed by atoms with Crippen LogP contribution >= 0.6 is 11.6 Å². The molecule has 1 fully saturated rings. The molecule has 0 unspecified atom stereocenters. The second-order valence-corrected chi connectivity index (χ2v) is 5.59. The van der Waals surface area contributed by atoms with Gasteiger partial charge in [0.05, 0.1) is 10.6 Å². The van der Waals surface area contributed by atoms with Gasteiger partial charge in [-0.05, 0) is 31.7 Å². The number of hydrogen-bond acceptors (Lipinski definition) is 3. The monoisotopic (exact) mass is 295 g/mol. The van der Waals surface area contributed by atoms with Gasteiger partial charge in [-0.3, -0.25) is 4.79 Å². The third-order valence-electron chi connectivity index (χ3n) is 3.55. The molecule has 0 atom stereocenters. The number of carbonyl (C=O) groups is 1. The molecule has 0 bridgehead atoms. The van der Waals surface area contributed by atoms with E-state index >= 15 is 0 Å². The summed E-state index contributed by atoms with van der Waals surface area (Å²) in [4.78, 5) is 18.5. The summed E-state index contributed by atoms with van der Waals surface area (Å²) in [5, 5.41) is 3.71. The van der Waals surface area contributed by atoms with Crippen LogP contribution in [0.2, 0.25) is 5.02 Å². The van der Waals surface area contributed by atoms with Gasteiger partial charge in [-0.15, -0.1) is 0 Å². The highest BCUT2D eigenvalue weighted by Crippen LogP contribution is 2.22. The van der Waals surface area contributed by atoms with E-state index in [-0.39, 0.29) is 5.91 Å². The zero-order valence-electron chi connectivity index (χ0n) is 12.0. The highest BCUT2D eigenvalue weighted by Gasteiger charge is 2.19. The van der Waals surface area contributed by atoms with Crippen LogP contribution in [0.3, 0.4) is 0 Å². The maximum Gasteiger partial charge on any atom is 0.255 e. The predicted molar refractivity (Wildman–Crippen MR) is 82.4 cm³/mol. The van der Waals surface area contributed by atoms with Gasteiger partial charge in [0, 0.05) is 25.8 Å². The fraction of sp³-hybridized carbons (Fsp3) is 0.600. The number of unbranched alkanes of at least 4 members (excludes halogenated alkanes) is 1. The molecule has 0 spiro atoms. The maximum atomic E-state index is 12.3. The first-order valence-corrected chi connectivity index (χ1v) is 7.79. The van der Waals surface area contributed by atoms with Gasteiger partial charge in [0.15, 0.2) is 0 Å². The van der Waals surface area contributed by atoms with Gasteiger partial charge in [0.1, 0.15) is 5.82 Å². The van der Waals surface area contributed by atoms with E-state index in [1.165, 1.54) is 6.42 Å². The van der Waals surface area contributed by atoms with Crippen molar-refractivity contribution in [1.29, 1.82) is 0 Å². The van der Waals surface area contributed by atoms with Crippen LogP contribution in [-0.2, 0) is 0 Å². The van der Waals surface area contributed by atoms with Crippen molar-refractivity contribution in [2.45, 2.75) is 39.0 Å². The molecule has 1 amide bonds. The second kappa shape index (κ2) is 7.48. The third-order valence-corrected chi connectivity index (χ3v) is 3.84. The molecule has 5 heteroatoms. The van der Waals surface area contributed by atoms with Crippen LogP contribution in [0.25, 0.3) is 0 Å². The molecule has 0 aromatic carbocycles. The summed E-state index contributed by atoms with van der Waals surface area (Å²) in [7, 11) is 0.